The number of rotatable bonds is 16. The minimum atomic E-state index is -5.00. The van der Waals surface area contributed by atoms with E-state index in [0.717, 1.165) is 55.3 Å². The van der Waals surface area contributed by atoms with E-state index in [4.69, 9.17) is 14.2 Å². The quantitative estimate of drug-likeness (QED) is 0.0486. The lowest BCUT2D eigenvalue weighted by Crippen LogP contribution is -2.52. The molecule has 386 valence electrons. The number of methoxy groups -OCH3 is 1. The molecule has 18 nitrogen and oxygen atoms in total. The third kappa shape index (κ3) is 10.9. The van der Waals surface area contributed by atoms with E-state index >= 15 is 4.39 Å². The van der Waals surface area contributed by atoms with E-state index in [2.05, 4.69) is 30.7 Å². The van der Waals surface area contributed by atoms with Gasteiger partial charge in [0.25, 0.3) is 11.8 Å². The van der Waals surface area contributed by atoms with Crippen molar-refractivity contribution in [3.8, 4) is 28.9 Å². The first-order valence-corrected chi connectivity index (χ1v) is 23.9. The number of carbonyl (C=O) groups is 5. The van der Waals surface area contributed by atoms with Crippen molar-refractivity contribution >= 4 is 62.7 Å². The molecule has 2 saturated heterocycles. The standard InChI is InChI=1S/C52H50F4N8O10/c1-28-46(47(67)36-23-33(74-52(54,55)56)8-10-39(36)62(28)2)49(69)60-32-7-12-41(37(53)22-32)73-50-35-24-42(71-3)43(25-38(35)58-27-59-50)72-20-4-5-45(66)63-18-15-29(16-19-63)14-17-57-31-6-9-34-30(21-31)26-64(51(34)70)40-11-13-44(65)61-48(40)68/h6-10,12,21-25,27,29,40,57H,4-5,11,13-20,26H2,1-3H3,(H,60,69)(H,61,65,68). The molecule has 0 saturated carbocycles. The van der Waals surface area contributed by atoms with Crippen molar-refractivity contribution in [3.63, 3.8) is 0 Å². The first-order chi connectivity index (χ1) is 35.4. The van der Waals surface area contributed by atoms with Crippen molar-refractivity contribution < 1.29 is 60.5 Å². The number of nitrogens with zero attached hydrogens (tertiary/aromatic N) is 5. The van der Waals surface area contributed by atoms with Gasteiger partial charge in [-0.1, -0.05) is 0 Å². The Morgan fingerprint density at radius 1 is 0.892 bits per heavy atom. The number of aromatic nitrogens is 3. The van der Waals surface area contributed by atoms with Crippen LogP contribution in [-0.4, -0.2) is 99.6 Å². The van der Waals surface area contributed by atoms with Crippen LogP contribution in [0.25, 0.3) is 21.8 Å². The summed E-state index contributed by atoms with van der Waals surface area (Å²) in [5.41, 5.74) is 1.89. The second-order valence-electron chi connectivity index (χ2n) is 18.2. The Morgan fingerprint density at radius 2 is 1.68 bits per heavy atom. The predicted octanol–water partition coefficient (Wildman–Crippen LogP) is 7.54. The highest BCUT2D eigenvalue weighted by molar-refractivity contribution is 6.07. The van der Waals surface area contributed by atoms with E-state index in [-0.39, 0.29) is 76.6 Å². The summed E-state index contributed by atoms with van der Waals surface area (Å²) in [6.07, 6.45) is 0.118. The Balaban J connectivity index is 0.738. The normalized spacial score (nSPS) is 16.0. The molecule has 22 heteroatoms. The van der Waals surface area contributed by atoms with Gasteiger partial charge in [0.1, 0.15) is 23.7 Å². The molecule has 5 amide bonds. The van der Waals surface area contributed by atoms with E-state index in [1.54, 1.807) is 18.2 Å². The van der Waals surface area contributed by atoms with E-state index in [1.165, 1.54) is 55.1 Å². The van der Waals surface area contributed by atoms with Crippen molar-refractivity contribution in [1.82, 2.24) is 29.7 Å². The number of amides is 5. The Morgan fingerprint density at radius 3 is 2.42 bits per heavy atom. The highest BCUT2D eigenvalue weighted by Gasteiger charge is 2.39. The summed E-state index contributed by atoms with van der Waals surface area (Å²) in [5.74, 6) is -2.58. The first-order valence-electron chi connectivity index (χ1n) is 23.9. The maximum atomic E-state index is 15.6. The highest BCUT2D eigenvalue weighted by Crippen LogP contribution is 2.38. The fourth-order valence-corrected chi connectivity index (χ4v) is 9.59. The van der Waals surface area contributed by atoms with Crippen molar-refractivity contribution in [2.24, 2.45) is 13.0 Å². The van der Waals surface area contributed by atoms with Gasteiger partial charge in [-0.3, -0.25) is 34.1 Å². The first kappa shape index (κ1) is 50.6. The van der Waals surface area contributed by atoms with Crippen molar-refractivity contribution in [2.45, 2.75) is 70.8 Å². The number of halogens is 4. The molecule has 0 radical (unpaired) electrons. The van der Waals surface area contributed by atoms with Gasteiger partial charge in [-0.25, -0.2) is 14.4 Å². The van der Waals surface area contributed by atoms with Gasteiger partial charge in [-0.05, 0) is 105 Å². The van der Waals surface area contributed by atoms with Crippen LogP contribution in [0.3, 0.4) is 0 Å². The average Bonchev–Trinajstić information content (AvgIpc) is 3.69. The summed E-state index contributed by atoms with van der Waals surface area (Å²) in [5, 5.41) is 8.43. The zero-order chi connectivity index (χ0) is 52.4. The molecule has 2 fully saturated rings. The van der Waals surface area contributed by atoms with Gasteiger partial charge in [0.15, 0.2) is 23.1 Å². The van der Waals surface area contributed by atoms with Crippen molar-refractivity contribution in [3.05, 3.63) is 111 Å². The van der Waals surface area contributed by atoms with Crippen LogP contribution in [0, 0.1) is 18.7 Å². The fraction of sp³-hybridized carbons (Fsp3) is 0.346. The van der Waals surface area contributed by atoms with Crippen LogP contribution >= 0.6 is 0 Å². The Labute approximate surface area is 419 Å². The van der Waals surface area contributed by atoms with Crippen LogP contribution in [0.15, 0.2) is 77.9 Å². The van der Waals surface area contributed by atoms with Gasteiger partial charge in [0, 0.05) is 80.8 Å². The molecule has 1 atom stereocenters. The molecule has 3 aliphatic heterocycles. The van der Waals surface area contributed by atoms with Crippen molar-refractivity contribution in [2.75, 3.05) is 44.0 Å². The van der Waals surface area contributed by atoms with E-state index in [9.17, 15) is 41.9 Å². The number of alkyl halides is 3. The molecule has 6 aromatic rings. The average molecular weight is 1020 g/mol. The van der Waals surface area contributed by atoms with Crippen molar-refractivity contribution in [1.29, 1.82) is 0 Å². The number of aryl methyl sites for hydroxylation is 1. The van der Waals surface area contributed by atoms with Crippen LogP contribution < -0.4 is 40.3 Å². The molecule has 1 unspecified atom stereocenters. The van der Waals surface area contributed by atoms with Gasteiger partial charge < -0.3 is 43.9 Å². The van der Waals surface area contributed by atoms with E-state index in [0.29, 0.717) is 66.4 Å². The number of nitrogens with one attached hydrogen (secondary N) is 3. The van der Waals surface area contributed by atoms with Crippen LogP contribution in [0.4, 0.5) is 28.9 Å². The van der Waals surface area contributed by atoms with Crippen LogP contribution in [0.1, 0.15) is 76.9 Å². The summed E-state index contributed by atoms with van der Waals surface area (Å²) in [7, 11) is 2.98. The summed E-state index contributed by atoms with van der Waals surface area (Å²) < 4.78 is 77.2. The van der Waals surface area contributed by atoms with Gasteiger partial charge in [0.05, 0.1) is 35.5 Å². The van der Waals surface area contributed by atoms with E-state index in [1.807, 2.05) is 17.0 Å². The zero-order valence-corrected chi connectivity index (χ0v) is 40.4. The predicted molar refractivity (Wildman–Crippen MR) is 261 cm³/mol. The lowest BCUT2D eigenvalue weighted by atomic mass is 9.93. The topological polar surface area (TPSA) is 213 Å². The minimum Gasteiger partial charge on any atom is -0.493 e. The SMILES string of the molecule is COc1cc2c(Oc3ccc(NC(=O)c4c(C)n(C)c5ccc(OC(F)(F)F)cc5c4=O)cc3F)ncnc2cc1OCCCC(=O)N1CCC(CCNc2ccc3c(c2)CN(C2CCC(=O)NC2=O)C3=O)CC1. The zero-order valence-electron chi connectivity index (χ0n) is 40.4. The van der Waals surface area contributed by atoms with E-state index < -0.39 is 41.2 Å². The van der Waals surface area contributed by atoms with Crippen LogP contribution in [0.5, 0.6) is 28.9 Å². The second kappa shape index (κ2) is 21.0. The van der Waals surface area contributed by atoms with Gasteiger partial charge in [-0.15, -0.1) is 13.2 Å². The number of hydrogen-bond donors (Lipinski definition) is 3. The van der Waals surface area contributed by atoms with Gasteiger partial charge >= 0.3 is 6.36 Å². The largest absolute Gasteiger partial charge is 0.573 e. The molecule has 5 heterocycles. The molecule has 2 aromatic heterocycles. The third-order valence-corrected chi connectivity index (χ3v) is 13.6. The molecule has 3 N–H and O–H groups in total. The number of likely N-dealkylation sites (tertiary alicyclic amines) is 1. The third-order valence-electron chi connectivity index (χ3n) is 13.6. The number of imide groups is 1. The molecule has 0 spiro atoms. The maximum Gasteiger partial charge on any atom is 0.573 e. The van der Waals surface area contributed by atoms with Gasteiger partial charge in [-0.2, -0.15) is 0 Å². The number of pyridine rings is 1. The number of carbonyl (C=O) groups excluding carboxylic acids is 5. The summed E-state index contributed by atoms with van der Waals surface area (Å²) in [4.78, 5) is 89.0. The van der Waals surface area contributed by atoms with Gasteiger partial charge in [0.2, 0.25) is 29.0 Å². The highest BCUT2D eigenvalue weighted by atomic mass is 19.4. The second-order valence-corrected chi connectivity index (χ2v) is 18.2. The molecule has 0 aliphatic carbocycles. The molecule has 4 aromatic carbocycles. The number of fused-ring (bicyclic) bond motifs is 3. The Hall–Kier alpha value is -8.30. The maximum absolute atomic E-state index is 15.6. The lowest BCUT2D eigenvalue weighted by Gasteiger charge is -2.32. The number of piperidine rings is 2. The monoisotopic (exact) mass is 1020 g/mol. The number of hydrogen-bond acceptors (Lipinski definition) is 13. The number of ether oxygens (including phenoxy) is 4. The summed E-state index contributed by atoms with van der Waals surface area (Å²) in [6.45, 7) is 4.04. The lowest BCUT2D eigenvalue weighted by molar-refractivity contribution is -0.274. The molecule has 74 heavy (non-hydrogen) atoms. The molecule has 9 rings (SSSR count). The molecule has 3 aliphatic rings. The number of benzene rings is 4. The molecule has 0 bridgehead atoms. The van der Waals surface area contributed by atoms with Crippen LogP contribution in [0.2, 0.25) is 0 Å². The Bertz CT molecular complexity index is 3290. The summed E-state index contributed by atoms with van der Waals surface area (Å²) in [6, 6.07) is 14.9. The molecular formula is C52H50F4N8O10. The smallest absolute Gasteiger partial charge is 0.493 e. The summed E-state index contributed by atoms with van der Waals surface area (Å²) >= 11 is 0. The van der Waals surface area contributed by atoms with Crippen LogP contribution in [-0.2, 0) is 28.0 Å². The number of anilines is 2. The molecular weight excluding hydrogens is 973 g/mol. The minimum absolute atomic E-state index is 0.0234. The Kier molecular flexibility index (Phi) is 14.4. The fourth-order valence-electron chi connectivity index (χ4n) is 9.59.